The topological polar surface area (TPSA) is 49.7 Å². The van der Waals surface area contributed by atoms with Crippen LogP contribution in [0.4, 0.5) is 0 Å². The molecule has 3 nitrogen and oxygen atoms in total. The molecule has 0 amide bonds. The Labute approximate surface area is 156 Å². The first-order valence-electron chi connectivity index (χ1n) is 9.23. The van der Waals surface area contributed by atoms with Crippen molar-refractivity contribution < 1.29 is 14.9 Å². The quantitative estimate of drug-likeness (QED) is 0.818. The van der Waals surface area contributed by atoms with Crippen LogP contribution in [0.5, 0.6) is 0 Å². The van der Waals surface area contributed by atoms with Crippen LogP contribution in [0.15, 0.2) is 24.3 Å². The summed E-state index contributed by atoms with van der Waals surface area (Å²) >= 11 is 0. The molecule has 0 aromatic heterocycles. The minimum atomic E-state index is -0.562. The Hall–Kier alpha value is -0.835. The van der Waals surface area contributed by atoms with Gasteiger partial charge in [-0.15, -0.1) is 0 Å². The van der Waals surface area contributed by atoms with Crippen LogP contribution in [0.1, 0.15) is 72.3 Å². The molecule has 0 heterocycles. The van der Waals surface area contributed by atoms with Crippen molar-refractivity contribution in [2.75, 3.05) is 7.11 Å². The average molecular weight is 348 g/mol. The fourth-order valence-electron chi connectivity index (χ4n) is 2.13. The van der Waals surface area contributed by atoms with Gasteiger partial charge in [0, 0.05) is 7.11 Å². The lowest BCUT2D eigenvalue weighted by molar-refractivity contribution is -0.0238. The van der Waals surface area contributed by atoms with Crippen LogP contribution in [-0.2, 0) is 11.3 Å². The van der Waals surface area contributed by atoms with Gasteiger partial charge in [-0.05, 0) is 37.7 Å². The lowest BCUT2D eigenvalue weighted by atomic mass is 9.79. The number of aliphatic hydroxyl groups excluding tert-OH is 1. The van der Waals surface area contributed by atoms with E-state index in [-0.39, 0.29) is 5.41 Å². The van der Waals surface area contributed by atoms with Crippen LogP contribution >= 0.6 is 0 Å². The zero-order valence-electron chi connectivity index (χ0n) is 17.0. The van der Waals surface area contributed by atoms with E-state index in [1.807, 2.05) is 52.8 Å². The smallest absolute Gasteiger partial charge is 0.113 e. The van der Waals surface area contributed by atoms with Gasteiger partial charge in [0.2, 0.25) is 0 Å². The predicted octanol–water partition coefficient (Wildman–Crippen LogP) is 3.74. The van der Waals surface area contributed by atoms with Gasteiger partial charge in [-0.3, -0.25) is 0 Å². The lowest BCUT2D eigenvalue weighted by Gasteiger charge is -2.33. The monoisotopic (exact) mass is 348 g/mol. The van der Waals surface area contributed by atoms with Gasteiger partial charge in [0.25, 0.3) is 0 Å². The third-order valence-electron chi connectivity index (χ3n) is 4.82. The Kier molecular flexibility index (Phi) is 11.3. The standard InChI is InChI=1S/C13H17BO.C7H16O.CH4O/c14-12-6-4-5-11(9-12)10-15-13-7-2-1-3-8-13;1-6(2,3)7(4,5)8;1-2/h4-6,9,13H,1-3,7-8,10H2;8H,1-5H3;2H,1H3. The summed E-state index contributed by atoms with van der Waals surface area (Å²) < 4.78 is 5.87. The summed E-state index contributed by atoms with van der Waals surface area (Å²) in [6.45, 7) is 10.4. The van der Waals surface area contributed by atoms with Crippen molar-refractivity contribution in [3.63, 3.8) is 0 Å². The van der Waals surface area contributed by atoms with Crippen molar-refractivity contribution in [3.8, 4) is 0 Å². The number of ether oxygens (including phenoxy) is 1. The normalized spacial score (nSPS) is 15.5. The first-order chi connectivity index (χ1) is 11.6. The number of benzene rings is 1. The lowest BCUT2D eigenvalue weighted by Crippen LogP contribution is -2.35. The molecule has 4 heteroatoms. The van der Waals surface area contributed by atoms with Crippen molar-refractivity contribution in [2.24, 2.45) is 5.41 Å². The molecule has 1 aromatic carbocycles. The summed E-state index contributed by atoms with van der Waals surface area (Å²) in [5.74, 6) is 0. The van der Waals surface area contributed by atoms with Crippen LogP contribution < -0.4 is 5.46 Å². The number of aliphatic hydroxyl groups is 2. The van der Waals surface area contributed by atoms with E-state index in [9.17, 15) is 5.11 Å². The molecule has 1 aromatic rings. The highest BCUT2D eigenvalue weighted by atomic mass is 16.5. The van der Waals surface area contributed by atoms with Gasteiger partial charge in [0.15, 0.2) is 0 Å². The Morgan fingerprint density at radius 3 is 2.00 bits per heavy atom. The van der Waals surface area contributed by atoms with Gasteiger partial charge in [0.05, 0.1) is 18.3 Å². The van der Waals surface area contributed by atoms with E-state index >= 15 is 0 Å². The highest BCUT2D eigenvalue weighted by Gasteiger charge is 2.29. The largest absolute Gasteiger partial charge is 0.400 e. The number of hydrogen-bond acceptors (Lipinski definition) is 3. The summed E-state index contributed by atoms with van der Waals surface area (Å²) in [6, 6.07) is 7.95. The third-order valence-corrected chi connectivity index (χ3v) is 4.82. The summed E-state index contributed by atoms with van der Waals surface area (Å²) in [5, 5.41) is 16.4. The van der Waals surface area contributed by atoms with E-state index in [0.717, 1.165) is 12.6 Å². The molecule has 2 rings (SSSR count). The van der Waals surface area contributed by atoms with Gasteiger partial charge < -0.3 is 14.9 Å². The van der Waals surface area contributed by atoms with Crippen molar-refractivity contribution in [3.05, 3.63) is 29.8 Å². The highest BCUT2D eigenvalue weighted by Crippen LogP contribution is 2.28. The summed E-state index contributed by atoms with van der Waals surface area (Å²) in [5.41, 5.74) is 1.43. The zero-order valence-corrected chi connectivity index (χ0v) is 17.0. The van der Waals surface area contributed by atoms with E-state index in [0.29, 0.717) is 12.7 Å². The van der Waals surface area contributed by atoms with Crippen LogP contribution in [0, 0.1) is 5.41 Å². The third kappa shape index (κ3) is 10.7. The first kappa shape index (κ1) is 24.2. The first-order valence-corrected chi connectivity index (χ1v) is 9.23. The predicted molar refractivity (Wildman–Crippen MR) is 107 cm³/mol. The molecule has 1 aliphatic rings. The molecule has 2 N–H and O–H groups in total. The zero-order chi connectivity index (χ0) is 19.5. The van der Waals surface area contributed by atoms with E-state index in [2.05, 4.69) is 6.07 Å². The van der Waals surface area contributed by atoms with E-state index in [1.165, 1.54) is 37.7 Å². The van der Waals surface area contributed by atoms with Gasteiger partial charge in [-0.2, -0.15) is 0 Å². The van der Waals surface area contributed by atoms with Crippen molar-refractivity contribution >= 4 is 13.3 Å². The molecule has 1 aliphatic carbocycles. The molecular weight excluding hydrogens is 311 g/mol. The van der Waals surface area contributed by atoms with E-state index in [4.69, 9.17) is 17.7 Å². The molecule has 1 fully saturated rings. The minimum absolute atomic E-state index is 0.00694. The van der Waals surface area contributed by atoms with Crippen LogP contribution in [0.25, 0.3) is 0 Å². The van der Waals surface area contributed by atoms with Crippen molar-refractivity contribution in [1.82, 2.24) is 0 Å². The molecule has 1 saturated carbocycles. The van der Waals surface area contributed by atoms with Crippen LogP contribution in [0.2, 0.25) is 0 Å². The van der Waals surface area contributed by atoms with Gasteiger partial charge >= 0.3 is 0 Å². The van der Waals surface area contributed by atoms with Crippen LogP contribution in [0.3, 0.4) is 0 Å². The molecule has 0 spiro atoms. The SMILES string of the molecule is CC(C)(C)C(C)(C)O.CO.[B]c1cccc(COC2CCCCC2)c1. The van der Waals surface area contributed by atoms with Crippen molar-refractivity contribution in [2.45, 2.75) is 85.0 Å². The van der Waals surface area contributed by atoms with E-state index < -0.39 is 5.60 Å². The molecule has 25 heavy (non-hydrogen) atoms. The Bertz CT molecular complexity index is 443. The Morgan fingerprint density at radius 1 is 1.04 bits per heavy atom. The Balaban J connectivity index is 0.000000493. The highest BCUT2D eigenvalue weighted by molar-refractivity contribution is 6.32. The number of hydrogen-bond donors (Lipinski definition) is 2. The molecule has 0 saturated heterocycles. The molecule has 0 unspecified atom stereocenters. The maximum Gasteiger partial charge on any atom is 0.113 e. The fraction of sp³-hybridized carbons (Fsp3) is 0.714. The van der Waals surface area contributed by atoms with Crippen LogP contribution in [-0.4, -0.2) is 36.9 Å². The fourth-order valence-corrected chi connectivity index (χ4v) is 2.13. The number of rotatable bonds is 3. The summed E-state index contributed by atoms with van der Waals surface area (Å²) in [4.78, 5) is 0. The van der Waals surface area contributed by atoms with Gasteiger partial charge in [0.1, 0.15) is 7.85 Å². The minimum Gasteiger partial charge on any atom is -0.400 e. The van der Waals surface area contributed by atoms with Gasteiger partial charge in [-0.1, -0.05) is 69.8 Å². The maximum atomic E-state index is 9.35. The average Bonchev–Trinajstić information content (AvgIpc) is 2.55. The second kappa shape index (κ2) is 11.7. The van der Waals surface area contributed by atoms with Crippen molar-refractivity contribution in [1.29, 1.82) is 0 Å². The molecular formula is C21H37BO3. The van der Waals surface area contributed by atoms with E-state index in [1.54, 1.807) is 0 Å². The molecule has 2 radical (unpaired) electrons. The summed E-state index contributed by atoms with van der Waals surface area (Å²) in [7, 11) is 6.71. The second-order valence-electron chi connectivity index (χ2n) is 8.13. The molecule has 0 bridgehead atoms. The van der Waals surface area contributed by atoms with Gasteiger partial charge in [-0.25, -0.2) is 0 Å². The molecule has 0 aliphatic heterocycles. The molecule has 142 valence electrons. The Morgan fingerprint density at radius 2 is 1.56 bits per heavy atom. The second-order valence-corrected chi connectivity index (χ2v) is 8.13. The summed E-state index contributed by atoms with van der Waals surface area (Å²) in [6.07, 6.45) is 6.94. The molecule has 0 atom stereocenters. The maximum absolute atomic E-state index is 9.35.